The van der Waals surface area contributed by atoms with E-state index in [2.05, 4.69) is 21.9 Å². The SMILES string of the molecule is CN1CCCCC1COc1nccc(CN)n1. The summed E-state index contributed by atoms with van der Waals surface area (Å²) in [6, 6.07) is 2.72. The van der Waals surface area contributed by atoms with Crippen molar-refractivity contribution >= 4 is 0 Å². The van der Waals surface area contributed by atoms with Gasteiger partial charge < -0.3 is 15.4 Å². The highest BCUT2D eigenvalue weighted by Gasteiger charge is 2.19. The molecule has 1 aromatic rings. The van der Waals surface area contributed by atoms with Gasteiger partial charge in [0.15, 0.2) is 0 Å². The molecular weight excluding hydrogens is 216 g/mol. The summed E-state index contributed by atoms with van der Waals surface area (Å²) in [5, 5.41) is 0. The van der Waals surface area contributed by atoms with Gasteiger partial charge in [0.05, 0.1) is 5.69 Å². The molecule has 2 heterocycles. The van der Waals surface area contributed by atoms with E-state index in [0.29, 0.717) is 25.2 Å². The summed E-state index contributed by atoms with van der Waals surface area (Å²) in [5.74, 6) is 0. The largest absolute Gasteiger partial charge is 0.462 e. The van der Waals surface area contributed by atoms with E-state index in [-0.39, 0.29) is 0 Å². The highest BCUT2D eigenvalue weighted by molar-refractivity contribution is 5.04. The Kier molecular flexibility index (Phi) is 4.28. The average molecular weight is 236 g/mol. The van der Waals surface area contributed by atoms with Crippen LogP contribution in [0, 0.1) is 0 Å². The maximum atomic E-state index is 5.64. The number of piperidine rings is 1. The van der Waals surface area contributed by atoms with Crippen LogP contribution in [0.3, 0.4) is 0 Å². The predicted octanol–water partition coefficient (Wildman–Crippen LogP) is 0.798. The lowest BCUT2D eigenvalue weighted by atomic mass is 10.0. The summed E-state index contributed by atoms with van der Waals surface area (Å²) in [6.07, 6.45) is 5.44. The zero-order chi connectivity index (χ0) is 12.1. The second-order valence-corrected chi connectivity index (χ2v) is 4.48. The number of hydrogen-bond acceptors (Lipinski definition) is 5. The predicted molar refractivity (Wildman–Crippen MR) is 65.7 cm³/mol. The van der Waals surface area contributed by atoms with Crippen molar-refractivity contribution < 1.29 is 4.74 Å². The molecule has 2 N–H and O–H groups in total. The van der Waals surface area contributed by atoms with Crippen molar-refractivity contribution in [2.75, 3.05) is 20.2 Å². The molecule has 0 saturated carbocycles. The second kappa shape index (κ2) is 5.93. The normalized spacial score (nSPS) is 21.4. The Morgan fingerprint density at radius 2 is 2.41 bits per heavy atom. The third-order valence-electron chi connectivity index (χ3n) is 3.23. The van der Waals surface area contributed by atoms with Crippen molar-refractivity contribution in [3.8, 4) is 6.01 Å². The third kappa shape index (κ3) is 3.38. The van der Waals surface area contributed by atoms with Gasteiger partial charge >= 0.3 is 6.01 Å². The monoisotopic (exact) mass is 236 g/mol. The number of ether oxygens (including phenoxy) is 1. The number of likely N-dealkylation sites (tertiary alicyclic amines) is 1. The minimum atomic E-state index is 0.419. The Bertz CT molecular complexity index is 358. The topological polar surface area (TPSA) is 64.3 Å². The van der Waals surface area contributed by atoms with Crippen molar-refractivity contribution in [1.82, 2.24) is 14.9 Å². The van der Waals surface area contributed by atoms with Crippen LogP contribution in [0.15, 0.2) is 12.3 Å². The number of rotatable bonds is 4. The van der Waals surface area contributed by atoms with E-state index in [1.54, 1.807) is 12.3 Å². The molecule has 94 valence electrons. The molecule has 1 aromatic heterocycles. The van der Waals surface area contributed by atoms with E-state index in [0.717, 1.165) is 12.2 Å². The van der Waals surface area contributed by atoms with Crippen molar-refractivity contribution in [1.29, 1.82) is 0 Å². The van der Waals surface area contributed by atoms with Gasteiger partial charge in [-0.25, -0.2) is 4.98 Å². The van der Waals surface area contributed by atoms with E-state index in [9.17, 15) is 0 Å². The molecule has 5 heteroatoms. The fraction of sp³-hybridized carbons (Fsp3) is 0.667. The minimum absolute atomic E-state index is 0.419. The summed E-state index contributed by atoms with van der Waals surface area (Å²) in [7, 11) is 2.14. The van der Waals surface area contributed by atoms with Gasteiger partial charge in [0.2, 0.25) is 0 Å². The van der Waals surface area contributed by atoms with Crippen LogP contribution in [0.4, 0.5) is 0 Å². The molecule has 0 bridgehead atoms. The van der Waals surface area contributed by atoms with Crippen LogP contribution >= 0.6 is 0 Å². The van der Waals surface area contributed by atoms with Crippen LogP contribution < -0.4 is 10.5 Å². The van der Waals surface area contributed by atoms with Crippen molar-refractivity contribution in [2.45, 2.75) is 31.8 Å². The highest BCUT2D eigenvalue weighted by Crippen LogP contribution is 2.15. The van der Waals surface area contributed by atoms with Gasteiger partial charge in [0.25, 0.3) is 0 Å². The van der Waals surface area contributed by atoms with Crippen molar-refractivity contribution in [3.05, 3.63) is 18.0 Å². The molecule has 5 nitrogen and oxygen atoms in total. The van der Waals surface area contributed by atoms with E-state index < -0.39 is 0 Å². The first-order valence-corrected chi connectivity index (χ1v) is 6.14. The lowest BCUT2D eigenvalue weighted by molar-refractivity contribution is 0.119. The van der Waals surface area contributed by atoms with Crippen molar-refractivity contribution in [2.24, 2.45) is 5.73 Å². The molecular formula is C12H20N4O. The maximum absolute atomic E-state index is 5.64. The molecule has 1 saturated heterocycles. The first-order chi connectivity index (χ1) is 8.29. The molecule has 0 aliphatic carbocycles. The first kappa shape index (κ1) is 12.3. The minimum Gasteiger partial charge on any atom is -0.462 e. The van der Waals surface area contributed by atoms with Gasteiger partial charge in [-0.05, 0) is 32.5 Å². The standard InChI is InChI=1S/C12H20N4O/c1-16-7-3-2-4-11(16)9-17-12-14-6-5-10(8-13)15-12/h5-6,11H,2-4,7-9,13H2,1H3. The summed E-state index contributed by atoms with van der Waals surface area (Å²) >= 11 is 0. The fourth-order valence-electron chi connectivity index (χ4n) is 2.08. The number of aromatic nitrogens is 2. The van der Waals surface area contributed by atoms with Crippen LogP contribution in [-0.4, -0.2) is 41.1 Å². The Hall–Kier alpha value is -1.20. The Balaban J connectivity index is 1.88. The first-order valence-electron chi connectivity index (χ1n) is 6.14. The quantitative estimate of drug-likeness (QED) is 0.837. The molecule has 0 amide bonds. The van der Waals surface area contributed by atoms with Gasteiger partial charge in [-0.2, -0.15) is 4.98 Å². The van der Waals surface area contributed by atoms with Crippen LogP contribution in [0.1, 0.15) is 25.0 Å². The van der Waals surface area contributed by atoms with E-state index >= 15 is 0 Å². The lowest BCUT2D eigenvalue weighted by Gasteiger charge is -2.31. The van der Waals surface area contributed by atoms with E-state index in [4.69, 9.17) is 10.5 Å². The molecule has 0 spiro atoms. The second-order valence-electron chi connectivity index (χ2n) is 4.48. The number of likely N-dealkylation sites (N-methyl/N-ethyl adjacent to an activating group) is 1. The van der Waals surface area contributed by atoms with Crippen molar-refractivity contribution in [3.63, 3.8) is 0 Å². The molecule has 0 radical (unpaired) electrons. The van der Waals surface area contributed by atoms with Crippen LogP contribution in [0.25, 0.3) is 0 Å². The molecule has 1 unspecified atom stereocenters. The zero-order valence-electron chi connectivity index (χ0n) is 10.3. The van der Waals surface area contributed by atoms with Gasteiger partial charge in [-0.3, -0.25) is 0 Å². The maximum Gasteiger partial charge on any atom is 0.316 e. The fourth-order valence-corrected chi connectivity index (χ4v) is 2.08. The summed E-state index contributed by atoms with van der Waals surface area (Å²) in [5.41, 5.74) is 6.34. The Labute approximate surface area is 102 Å². The van der Waals surface area contributed by atoms with E-state index in [1.807, 2.05) is 0 Å². The number of nitrogens with two attached hydrogens (primary N) is 1. The van der Waals surface area contributed by atoms with Gasteiger partial charge in [-0.15, -0.1) is 0 Å². The van der Waals surface area contributed by atoms with E-state index in [1.165, 1.54) is 19.3 Å². The molecule has 0 aromatic carbocycles. The van der Waals surface area contributed by atoms with Crippen LogP contribution in [-0.2, 0) is 6.54 Å². The zero-order valence-corrected chi connectivity index (χ0v) is 10.3. The number of nitrogens with zero attached hydrogens (tertiary/aromatic N) is 3. The highest BCUT2D eigenvalue weighted by atomic mass is 16.5. The Morgan fingerprint density at radius 1 is 1.53 bits per heavy atom. The molecule has 1 atom stereocenters. The van der Waals surface area contributed by atoms with Gasteiger partial charge in [0.1, 0.15) is 6.61 Å². The Morgan fingerprint density at radius 3 is 3.18 bits per heavy atom. The molecule has 17 heavy (non-hydrogen) atoms. The van der Waals surface area contributed by atoms with Crippen LogP contribution in [0.2, 0.25) is 0 Å². The molecule has 1 fully saturated rings. The molecule has 1 aliphatic heterocycles. The van der Waals surface area contributed by atoms with Gasteiger partial charge in [0, 0.05) is 18.8 Å². The summed E-state index contributed by atoms with van der Waals surface area (Å²) in [6.45, 7) is 2.23. The lowest BCUT2D eigenvalue weighted by Crippen LogP contribution is -2.40. The molecule has 2 rings (SSSR count). The average Bonchev–Trinajstić information content (AvgIpc) is 2.38. The van der Waals surface area contributed by atoms with Gasteiger partial charge in [-0.1, -0.05) is 6.42 Å². The summed E-state index contributed by atoms with van der Waals surface area (Å²) < 4.78 is 5.64. The third-order valence-corrected chi connectivity index (χ3v) is 3.23. The van der Waals surface area contributed by atoms with Crippen LogP contribution in [0.5, 0.6) is 6.01 Å². The summed E-state index contributed by atoms with van der Waals surface area (Å²) in [4.78, 5) is 10.7. The molecule has 1 aliphatic rings. The number of hydrogen-bond donors (Lipinski definition) is 1. The smallest absolute Gasteiger partial charge is 0.316 e.